The molecule has 0 saturated carbocycles. The van der Waals surface area contributed by atoms with Crippen LogP contribution in [0.1, 0.15) is 23.1 Å². The number of aliphatic hydroxyl groups is 1. The molecule has 1 N–H and O–H groups in total. The lowest BCUT2D eigenvalue weighted by atomic mass is 10.0. The van der Waals surface area contributed by atoms with Gasteiger partial charge in [-0.25, -0.2) is 0 Å². The minimum Gasteiger partial charge on any atom is -0.395 e. The molecule has 0 aliphatic rings. The monoisotopic (exact) mass is 282 g/mol. The molecule has 0 fully saturated rings. The first-order valence-corrected chi connectivity index (χ1v) is 5.05. The summed E-state index contributed by atoms with van der Waals surface area (Å²) in [6.45, 7) is -0.442. The van der Waals surface area contributed by atoms with E-state index >= 15 is 0 Å². The third kappa shape index (κ3) is 3.89. The van der Waals surface area contributed by atoms with Crippen LogP contribution < -0.4 is 0 Å². The zero-order valence-electron chi connectivity index (χ0n) is 9.36. The summed E-state index contributed by atoms with van der Waals surface area (Å²) in [4.78, 5) is 0. The van der Waals surface area contributed by atoms with Crippen molar-refractivity contribution in [1.82, 2.24) is 0 Å². The van der Waals surface area contributed by atoms with Crippen LogP contribution in [0.2, 0.25) is 0 Å². The van der Waals surface area contributed by atoms with Gasteiger partial charge in [0.05, 0.1) is 17.7 Å². The maximum Gasteiger partial charge on any atom is 0.417 e. The Hall–Kier alpha value is -1.68. The number of benzene rings is 1. The first kappa shape index (κ1) is 15.4. The van der Waals surface area contributed by atoms with Crippen LogP contribution in [0, 0.1) is 11.8 Å². The van der Waals surface area contributed by atoms with Gasteiger partial charge in [-0.05, 0) is 12.1 Å². The summed E-state index contributed by atoms with van der Waals surface area (Å²) in [5.74, 6) is 3.92. The number of rotatable bonds is 1. The Labute approximate surface area is 104 Å². The highest BCUT2D eigenvalue weighted by Gasteiger charge is 2.40. The normalized spacial score (nSPS) is 11.9. The van der Waals surface area contributed by atoms with E-state index in [1.807, 2.05) is 5.92 Å². The van der Waals surface area contributed by atoms with Gasteiger partial charge in [0, 0.05) is 12.0 Å². The molecule has 0 aromatic heterocycles. The Bertz CT molecular complexity index is 471. The van der Waals surface area contributed by atoms with E-state index in [0.717, 1.165) is 0 Å². The van der Waals surface area contributed by atoms with Crippen LogP contribution in [0.4, 0.5) is 26.3 Å². The Morgan fingerprint density at radius 2 is 1.42 bits per heavy atom. The van der Waals surface area contributed by atoms with Crippen LogP contribution in [0.3, 0.4) is 0 Å². The molecule has 0 heterocycles. The van der Waals surface area contributed by atoms with Crippen LogP contribution >= 0.6 is 0 Å². The number of halogens is 6. The molecule has 0 unspecified atom stereocenters. The van der Waals surface area contributed by atoms with E-state index in [1.165, 1.54) is 0 Å². The van der Waals surface area contributed by atoms with Crippen molar-refractivity contribution in [2.24, 2.45) is 0 Å². The van der Waals surface area contributed by atoms with Crippen molar-refractivity contribution < 1.29 is 31.4 Å². The van der Waals surface area contributed by atoms with Gasteiger partial charge in [0.1, 0.15) is 0 Å². The minimum atomic E-state index is -4.93. The topological polar surface area (TPSA) is 20.2 Å². The van der Waals surface area contributed by atoms with E-state index in [4.69, 9.17) is 5.11 Å². The maximum atomic E-state index is 12.6. The summed E-state index contributed by atoms with van der Waals surface area (Å²) < 4.78 is 75.8. The summed E-state index contributed by atoms with van der Waals surface area (Å²) in [6.07, 6.45) is -10.1. The SMILES string of the molecule is OCCC#Cc1c(C(F)(F)F)cccc1C(F)(F)F. The highest BCUT2D eigenvalue weighted by molar-refractivity contribution is 5.49. The predicted octanol–water partition coefficient (Wildman–Crippen LogP) is 3.46. The maximum absolute atomic E-state index is 12.6. The molecule has 0 aliphatic heterocycles. The fraction of sp³-hybridized carbons (Fsp3) is 0.333. The van der Waals surface area contributed by atoms with Gasteiger partial charge >= 0.3 is 12.4 Å². The lowest BCUT2D eigenvalue weighted by Crippen LogP contribution is -2.14. The van der Waals surface area contributed by atoms with Crippen LogP contribution in [-0.4, -0.2) is 11.7 Å². The average molecular weight is 282 g/mol. The van der Waals surface area contributed by atoms with Gasteiger partial charge in [-0.1, -0.05) is 17.9 Å². The molecule has 0 spiro atoms. The highest BCUT2D eigenvalue weighted by atomic mass is 19.4. The predicted molar refractivity (Wildman–Crippen MR) is 55.0 cm³/mol. The minimum absolute atomic E-state index is 0.205. The first-order chi connectivity index (χ1) is 8.68. The Kier molecular flexibility index (Phi) is 4.48. The van der Waals surface area contributed by atoms with Crippen molar-refractivity contribution >= 4 is 0 Å². The van der Waals surface area contributed by atoms with Crippen LogP contribution in [0.5, 0.6) is 0 Å². The first-order valence-electron chi connectivity index (χ1n) is 5.05. The van der Waals surface area contributed by atoms with Gasteiger partial charge in [-0.2, -0.15) is 26.3 Å². The number of aliphatic hydroxyl groups excluding tert-OH is 1. The summed E-state index contributed by atoms with van der Waals surface area (Å²) in [6, 6.07) is 1.76. The summed E-state index contributed by atoms with van der Waals surface area (Å²) in [5, 5.41) is 8.46. The summed E-state index contributed by atoms with van der Waals surface area (Å²) in [5.41, 5.74) is -3.99. The number of hydrogen-bond donors (Lipinski definition) is 1. The standard InChI is InChI=1S/C12H8F6O/c13-11(14,15)9-5-3-6-10(12(16,17)18)8(9)4-1-2-7-19/h3,5-6,19H,2,7H2. The van der Waals surface area contributed by atoms with Crippen molar-refractivity contribution in [3.8, 4) is 11.8 Å². The summed E-state index contributed by atoms with van der Waals surface area (Å²) >= 11 is 0. The molecule has 1 nitrogen and oxygen atoms in total. The Morgan fingerprint density at radius 3 is 1.79 bits per heavy atom. The molecule has 104 valence electrons. The van der Waals surface area contributed by atoms with Crippen molar-refractivity contribution in [2.75, 3.05) is 6.61 Å². The molecular weight excluding hydrogens is 274 g/mol. The smallest absolute Gasteiger partial charge is 0.395 e. The van der Waals surface area contributed by atoms with E-state index in [0.29, 0.717) is 18.2 Å². The fourth-order valence-electron chi connectivity index (χ4n) is 1.37. The molecule has 1 rings (SSSR count). The highest BCUT2D eigenvalue weighted by Crippen LogP contribution is 2.38. The summed E-state index contributed by atoms with van der Waals surface area (Å²) in [7, 11) is 0. The van der Waals surface area contributed by atoms with Crippen LogP contribution in [-0.2, 0) is 12.4 Å². The second-order valence-electron chi connectivity index (χ2n) is 3.50. The lowest BCUT2D eigenvalue weighted by molar-refractivity contribution is -0.143. The molecule has 0 amide bonds. The van der Waals surface area contributed by atoms with Gasteiger partial charge in [0.2, 0.25) is 0 Å². The fourth-order valence-corrected chi connectivity index (χ4v) is 1.37. The quantitative estimate of drug-likeness (QED) is 0.618. The second-order valence-corrected chi connectivity index (χ2v) is 3.50. The molecule has 0 saturated heterocycles. The lowest BCUT2D eigenvalue weighted by Gasteiger charge is -2.14. The molecule has 0 atom stereocenters. The molecule has 0 radical (unpaired) electrons. The molecule has 1 aromatic rings. The largest absolute Gasteiger partial charge is 0.417 e. The Morgan fingerprint density at radius 1 is 0.947 bits per heavy atom. The third-order valence-corrected chi connectivity index (χ3v) is 2.13. The van der Waals surface area contributed by atoms with E-state index in [-0.39, 0.29) is 6.42 Å². The van der Waals surface area contributed by atoms with Gasteiger partial charge in [0.25, 0.3) is 0 Å². The third-order valence-electron chi connectivity index (χ3n) is 2.13. The molecule has 0 bridgehead atoms. The van der Waals surface area contributed by atoms with E-state index in [1.54, 1.807) is 0 Å². The van der Waals surface area contributed by atoms with E-state index < -0.39 is 35.6 Å². The molecule has 19 heavy (non-hydrogen) atoms. The van der Waals surface area contributed by atoms with Crippen molar-refractivity contribution in [1.29, 1.82) is 0 Å². The van der Waals surface area contributed by atoms with Gasteiger partial charge in [-0.15, -0.1) is 0 Å². The van der Waals surface area contributed by atoms with Gasteiger partial charge in [0.15, 0.2) is 0 Å². The van der Waals surface area contributed by atoms with Gasteiger partial charge in [-0.3, -0.25) is 0 Å². The van der Waals surface area contributed by atoms with Crippen LogP contribution in [0.15, 0.2) is 18.2 Å². The van der Waals surface area contributed by atoms with E-state index in [2.05, 4.69) is 5.92 Å². The molecular formula is C12H8F6O. The molecule has 1 aromatic carbocycles. The zero-order valence-corrected chi connectivity index (χ0v) is 9.36. The van der Waals surface area contributed by atoms with Crippen molar-refractivity contribution in [3.05, 3.63) is 34.9 Å². The second kappa shape index (κ2) is 5.53. The molecule has 7 heteroatoms. The van der Waals surface area contributed by atoms with Crippen LogP contribution in [0.25, 0.3) is 0 Å². The van der Waals surface area contributed by atoms with Gasteiger partial charge < -0.3 is 5.11 Å². The average Bonchev–Trinajstić information content (AvgIpc) is 2.26. The Balaban J connectivity index is 3.47. The number of alkyl halides is 6. The van der Waals surface area contributed by atoms with Crippen molar-refractivity contribution in [3.63, 3.8) is 0 Å². The van der Waals surface area contributed by atoms with E-state index in [9.17, 15) is 26.3 Å². The number of hydrogen-bond acceptors (Lipinski definition) is 1. The zero-order chi connectivity index (χ0) is 14.7. The molecule has 0 aliphatic carbocycles. The van der Waals surface area contributed by atoms with Crippen molar-refractivity contribution in [2.45, 2.75) is 18.8 Å².